The zero-order valence-electron chi connectivity index (χ0n) is 12.7. The summed E-state index contributed by atoms with van der Waals surface area (Å²) in [5.74, 6) is 1.44. The number of hydrogen-bond donors (Lipinski definition) is 3. The van der Waals surface area contributed by atoms with Gasteiger partial charge in [0.05, 0.1) is 0 Å². The van der Waals surface area contributed by atoms with E-state index in [1.165, 1.54) is 12.1 Å². The molecule has 0 aromatic heterocycles. The summed E-state index contributed by atoms with van der Waals surface area (Å²) in [4.78, 5) is 18.2. The summed E-state index contributed by atoms with van der Waals surface area (Å²) < 4.78 is 16.8. The van der Waals surface area contributed by atoms with E-state index in [4.69, 9.17) is 26.1 Å². The zero-order valence-corrected chi connectivity index (χ0v) is 14.3. The van der Waals surface area contributed by atoms with Crippen molar-refractivity contribution in [1.29, 1.82) is 0 Å². The molecule has 124 valence electrons. The minimum Gasteiger partial charge on any atom is -0.508 e. The van der Waals surface area contributed by atoms with Crippen molar-refractivity contribution in [3.05, 3.63) is 53.6 Å². The molecule has 0 aliphatic rings. The molecule has 0 saturated carbocycles. The molecule has 0 heterocycles. The molecule has 3 N–H and O–H groups in total. The molecule has 2 rings (SSSR count). The maximum atomic E-state index is 11.1. The summed E-state index contributed by atoms with van der Waals surface area (Å²) in [5.41, 5.74) is 1.10. The highest BCUT2D eigenvalue weighted by Crippen LogP contribution is 2.54. The topological polar surface area (TPSA) is 87.0 Å². The van der Waals surface area contributed by atoms with Crippen LogP contribution in [0.25, 0.3) is 0 Å². The van der Waals surface area contributed by atoms with Crippen molar-refractivity contribution in [2.75, 3.05) is 0 Å². The van der Waals surface area contributed by atoms with Crippen LogP contribution in [-0.2, 0) is 4.57 Å². The lowest BCUT2D eigenvalue weighted by Crippen LogP contribution is -1.93. The second-order valence-electron chi connectivity index (χ2n) is 5.47. The van der Waals surface area contributed by atoms with E-state index in [9.17, 15) is 9.67 Å². The number of aromatic hydroxyl groups is 1. The number of hydrogen-bond acceptors (Lipinski definition) is 3. The fraction of sp³-hybridized carbons (Fsp3) is 0.250. The van der Waals surface area contributed by atoms with Crippen molar-refractivity contribution in [2.45, 2.75) is 24.9 Å². The molecule has 23 heavy (non-hydrogen) atoms. The van der Waals surface area contributed by atoms with Gasteiger partial charge in [0.1, 0.15) is 17.2 Å². The zero-order chi connectivity index (χ0) is 17.2. The molecule has 0 radical (unpaired) electrons. The Morgan fingerprint density at radius 1 is 1.04 bits per heavy atom. The van der Waals surface area contributed by atoms with E-state index in [0.717, 1.165) is 5.56 Å². The van der Waals surface area contributed by atoms with Crippen LogP contribution in [0.3, 0.4) is 0 Å². The number of phenolic OH excluding ortho intramolecular Hbond substituents is 1. The monoisotopic (exact) mass is 356 g/mol. The number of rotatable bonds is 5. The third-order valence-electron chi connectivity index (χ3n) is 3.31. The highest BCUT2D eigenvalue weighted by molar-refractivity contribution is 7.54. The standard InChI is InChI=1S/C16H18ClO5P/c1-10(2)14-9-13(7-8-15(14)18)22-12-5-3-11(4-6-12)16(17)23(19,20)21/h3-10,16,18H,1-2H3,(H2,19,20,21). The molecule has 0 spiro atoms. The minimum atomic E-state index is -4.39. The van der Waals surface area contributed by atoms with E-state index in [2.05, 4.69) is 0 Å². The first-order valence-electron chi connectivity index (χ1n) is 6.98. The fourth-order valence-corrected chi connectivity index (χ4v) is 2.79. The van der Waals surface area contributed by atoms with Crippen LogP contribution in [0.5, 0.6) is 17.2 Å². The first-order chi connectivity index (χ1) is 10.7. The molecular formula is C16H18ClO5P. The van der Waals surface area contributed by atoms with E-state index in [0.29, 0.717) is 17.1 Å². The number of alkyl halides is 1. The van der Waals surface area contributed by atoms with Crippen molar-refractivity contribution in [2.24, 2.45) is 0 Å². The SMILES string of the molecule is CC(C)c1cc(Oc2ccc(C(Cl)P(=O)(O)O)cc2)ccc1O. The van der Waals surface area contributed by atoms with Gasteiger partial charge in [-0.2, -0.15) is 0 Å². The summed E-state index contributed by atoms with van der Waals surface area (Å²) in [6.45, 7) is 3.94. The normalized spacial score (nSPS) is 13.1. The third-order valence-corrected chi connectivity index (χ3v) is 5.21. The van der Waals surface area contributed by atoms with Gasteiger partial charge in [-0.1, -0.05) is 26.0 Å². The smallest absolute Gasteiger partial charge is 0.347 e. The van der Waals surface area contributed by atoms with Crippen LogP contribution in [0, 0.1) is 0 Å². The third kappa shape index (κ3) is 4.49. The first-order valence-corrected chi connectivity index (χ1v) is 9.10. The number of halogens is 1. The van der Waals surface area contributed by atoms with Gasteiger partial charge >= 0.3 is 7.60 Å². The Balaban J connectivity index is 2.19. The van der Waals surface area contributed by atoms with Crippen LogP contribution in [-0.4, -0.2) is 14.9 Å². The van der Waals surface area contributed by atoms with Gasteiger partial charge in [0.2, 0.25) is 0 Å². The molecule has 0 bridgehead atoms. The first kappa shape index (κ1) is 17.8. The van der Waals surface area contributed by atoms with Gasteiger partial charge in [-0.25, -0.2) is 0 Å². The lowest BCUT2D eigenvalue weighted by atomic mass is 10.0. The average Bonchev–Trinajstić information content (AvgIpc) is 2.48. The second-order valence-corrected chi connectivity index (χ2v) is 7.91. The van der Waals surface area contributed by atoms with E-state index in [1.807, 2.05) is 13.8 Å². The molecule has 0 fully saturated rings. The maximum absolute atomic E-state index is 11.1. The molecular weight excluding hydrogens is 339 g/mol. The van der Waals surface area contributed by atoms with Gasteiger partial charge in [-0.3, -0.25) is 4.57 Å². The quantitative estimate of drug-likeness (QED) is 0.533. The van der Waals surface area contributed by atoms with Crippen molar-refractivity contribution >= 4 is 19.2 Å². The molecule has 0 aliphatic carbocycles. The Hall–Kier alpha value is -1.52. The molecule has 7 heteroatoms. The molecule has 1 unspecified atom stereocenters. The van der Waals surface area contributed by atoms with Crippen molar-refractivity contribution < 1.29 is 24.2 Å². The largest absolute Gasteiger partial charge is 0.508 e. The number of benzene rings is 2. The van der Waals surface area contributed by atoms with Gasteiger partial charge in [-0.15, -0.1) is 11.6 Å². The van der Waals surface area contributed by atoms with Crippen molar-refractivity contribution in [3.8, 4) is 17.2 Å². The van der Waals surface area contributed by atoms with E-state index in [-0.39, 0.29) is 11.7 Å². The summed E-state index contributed by atoms with van der Waals surface area (Å²) in [5, 5.41) is 8.42. The van der Waals surface area contributed by atoms with Gasteiger partial charge in [0, 0.05) is 5.56 Å². The molecule has 0 saturated heterocycles. The van der Waals surface area contributed by atoms with Gasteiger partial charge < -0.3 is 19.6 Å². The second kappa shape index (κ2) is 6.93. The molecule has 1 atom stereocenters. The molecule has 2 aromatic carbocycles. The van der Waals surface area contributed by atoms with Crippen LogP contribution >= 0.6 is 19.2 Å². The fourth-order valence-electron chi connectivity index (χ4n) is 2.08. The minimum absolute atomic E-state index is 0.154. The molecule has 5 nitrogen and oxygen atoms in total. The van der Waals surface area contributed by atoms with Gasteiger partial charge in [-0.05, 0) is 41.8 Å². The summed E-state index contributed by atoms with van der Waals surface area (Å²) in [7, 11) is -4.39. The highest BCUT2D eigenvalue weighted by atomic mass is 35.5. The Labute approximate surface area is 139 Å². The lowest BCUT2D eigenvalue weighted by Gasteiger charge is -2.13. The van der Waals surface area contributed by atoms with Crippen LogP contribution < -0.4 is 4.74 Å². The molecule has 0 amide bonds. The number of ether oxygens (including phenoxy) is 1. The Morgan fingerprint density at radius 3 is 2.13 bits per heavy atom. The average molecular weight is 357 g/mol. The Bertz CT molecular complexity index is 724. The van der Waals surface area contributed by atoms with Crippen LogP contribution in [0.1, 0.15) is 36.0 Å². The Kier molecular flexibility index (Phi) is 5.37. The van der Waals surface area contributed by atoms with Crippen LogP contribution in [0.2, 0.25) is 0 Å². The van der Waals surface area contributed by atoms with Crippen LogP contribution in [0.4, 0.5) is 0 Å². The molecule has 2 aromatic rings. The summed E-state index contributed by atoms with van der Waals surface area (Å²) in [6, 6.07) is 11.2. The predicted octanol–water partition coefficient (Wildman–Crippen LogP) is 4.72. The van der Waals surface area contributed by atoms with E-state index in [1.54, 1.807) is 30.3 Å². The Morgan fingerprint density at radius 2 is 1.61 bits per heavy atom. The maximum Gasteiger partial charge on any atom is 0.347 e. The van der Waals surface area contributed by atoms with Gasteiger partial charge in [0.25, 0.3) is 0 Å². The van der Waals surface area contributed by atoms with E-state index >= 15 is 0 Å². The number of phenols is 1. The molecule has 0 aliphatic heterocycles. The summed E-state index contributed by atoms with van der Waals surface area (Å²) >= 11 is 5.74. The van der Waals surface area contributed by atoms with E-state index < -0.39 is 12.7 Å². The predicted molar refractivity (Wildman–Crippen MR) is 89.3 cm³/mol. The van der Waals surface area contributed by atoms with Gasteiger partial charge in [0.15, 0.2) is 5.12 Å². The summed E-state index contributed by atoms with van der Waals surface area (Å²) in [6.07, 6.45) is 0. The van der Waals surface area contributed by atoms with Crippen molar-refractivity contribution in [3.63, 3.8) is 0 Å². The highest BCUT2D eigenvalue weighted by Gasteiger charge is 2.27. The lowest BCUT2D eigenvalue weighted by molar-refractivity contribution is 0.369. The van der Waals surface area contributed by atoms with Crippen LogP contribution in [0.15, 0.2) is 42.5 Å². The van der Waals surface area contributed by atoms with Crippen molar-refractivity contribution in [1.82, 2.24) is 0 Å².